The molecule has 1 aliphatic rings. The lowest BCUT2D eigenvalue weighted by Crippen LogP contribution is -2.38. The maximum atomic E-state index is 12.1. The summed E-state index contributed by atoms with van der Waals surface area (Å²) in [7, 11) is 0. The highest BCUT2D eigenvalue weighted by molar-refractivity contribution is 7.80. The van der Waals surface area contributed by atoms with E-state index in [1.54, 1.807) is 12.3 Å². The van der Waals surface area contributed by atoms with E-state index in [-0.39, 0.29) is 17.6 Å². The summed E-state index contributed by atoms with van der Waals surface area (Å²) in [4.78, 5) is 14.0. The number of likely N-dealkylation sites (tertiary alicyclic amines) is 1. The van der Waals surface area contributed by atoms with Crippen LogP contribution in [0.15, 0.2) is 29.4 Å². The molecule has 0 radical (unpaired) electrons. The summed E-state index contributed by atoms with van der Waals surface area (Å²) in [6.45, 7) is 1.68. The first-order valence-electron chi connectivity index (χ1n) is 7.25. The topological polar surface area (TPSA) is 80.0 Å². The molecule has 0 unspecified atom stereocenters. The van der Waals surface area contributed by atoms with Crippen molar-refractivity contribution in [3.05, 3.63) is 29.8 Å². The van der Waals surface area contributed by atoms with Gasteiger partial charge >= 0.3 is 0 Å². The molecule has 6 nitrogen and oxygen atoms in total. The number of thiocarbonyl (C=S) groups is 1. The number of hydrogen-bond donors (Lipinski definition) is 2. The van der Waals surface area contributed by atoms with Crippen molar-refractivity contribution in [1.29, 1.82) is 0 Å². The maximum Gasteiger partial charge on any atom is 0.260 e. The largest absolute Gasteiger partial charge is 0.483 e. The average Bonchev–Trinajstić information content (AvgIpc) is 2.54. The van der Waals surface area contributed by atoms with E-state index in [2.05, 4.69) is 22.7 Å². The number of nitrogens with two attached hydrogens (primary N) is 1. The molecule has 3 N–H and O–H groups in total. The molecular weight excluding hydrogens is 300 g/mol. The highest BCUT2D eigenvalue weighted by atomic mass is 32.1. The SMILES string of the molecule is NC(=S)NN=Cc1ccccc1OCC(=O)N1CCCCC1. The van der Waals surface area contributed by atoms with E-state index < -0.39 is 0 Å². The molecule has 0 saturated carbocycles. The second-order valence-corrected chi connectivity index (χ2v) is 5.44. The van der Waals surface area contributed by atoms with Crippen molar-refractivity contribution in [1.82, 2.24) is 10.3 Å². The van der Waals surface area contributed by atoms with Gasteiger partial charge in [-0.1, -0.05) is 12.1 Å². The number of hydrazone groups is 1. The van der Waals surface area contributed by atoms with Gasteiger partial charge in [-0.2, -0.15) is 5.10 Å². The number of nitrogens with zero attached hydrogens (tertiary/aromatic N) is 2. The van der Waals surface area contributed by atoms with Gasteiger partial charge in [0, 0.05) is 18.7 Å². The molecule has 1 amide bonds. The summed E-state index contributed by atoms with van der Waals surface area (Å²) in [6, 6.07) is 7.34. The van der Waals surface area contributed by atoms with Gasteiger partial charge in [0.1, 0.15) is 5.75 Å². The molecule has 1 aliphatic heterocycles. The fourth-order valence-electron chi connectivity index (χ4n) is 2.26. The quantitative estimate of drug-likeness (QED) is 0.485. The number of ether oxygens (including phenoxy) is 1. The molecule has 1 aromatic carbocycles. The molecule has 0 bridgehead atoms. The van der Waals surface area contributed by atoms with Gasteiger partial charge in [-0.05, 0) is 43.6 Å². The second-order valence-electron chi connectivity index (χ2n) is 5.00. The standard InChI is InChI=1S/C15H20N4O2S/c16-15(22)18-17-10-12-6-2-3-7-13(12)21-11-14(20)19-8-4-1-5-9-19/h2-3,6-7,10H,1,4-5,8-9,11H2,(H3,16,18,22). The first kappa shape index (κ1) is 16.2. The Balaban J connectivity index is 1.93. The van der Waals surface area contributed by atoms with Crippen LogP contribution in [0.1, 0.15) is 24.8 Å². The number of rotatable bonds is 5. The Morgan fingerprint density at radius 1 is 1.36 bits per heavy atom. The Bertz CT molecular complexity index is 556. The van der Waals surface area contributed by atoms with Crippen LogP contribution in [0.3, 0.4) is 0 Å². The lowest BCUT2D eigenvalue weighted by molar-refractivity contribution is -0.134. The van der Waals surface area contributed by atoms with Crippen molar-refractivity contribution in [2.45, 2.75) is 19.3 Å². The number of benzene rings is 1. The Kier molecular flexibility index (Phi) is 6.14. The summed E-state index contributed by atoms with van der Waals surface area (Å²) in [5.74, 6) is 0.619. The number of nitrogens with one attached hydrogen (secondary N) is 1. The number of carbonyl (C=O) groups excluding carboxylic acids is 1. The summed E-state index contributed by atoms with van der Waals surface area (Å²) in [5.41, 5.74) is 8.53. The molecular formula is C15H20N4O2S. The van der Waals surface area contributed by atoms with Crippen LogP contribution in [0, 0.1) is 0 Å². The third kappa shape index (κ3) is 5.00. The summed E-state index contributed by atoms with van der Waals surface area (Å²) < 4.78 is 5.64. The lowest BCUT2D eigenvalue weighted by Gasteiger charge is -2.26. The van der Waals surface area contributed by atoms with Gasteiger partial charge < -0.3 is 15.4 Å². The monoisotopic (exact) mass is 320 g/mol. The summed E-state index contributed by atoms with van der Waals surface area (Å²) in [5, 5.41) is 3.99. The third-order valence-corrected chi connectivity index (χ3v) is 3.45. The van der Waals surface area contributed by atoms with Crippen LogP contribution >= 0.6 is 12.2 Å². The van der Waals surface area contributed by atoms with E-state index in [0.29, 0.717) is 5.75 Å². The van der Waals surface area contributed by atoms with Crippen molar-refractivity contribution in [3.63, 3.8) is 0 Å². The van der Waals surface area contributed by atoms with Crippen LogP contribution in [0.25, 0.3) is 0 Å². The summed E-state index contributed by atoms with van der Waals surface area (Å²) >= 11 is 4.67. The Hall–Kier alpha value is -2.15. The molecule has 2 rings (SSSR count). The van der Waals surface area contributed by atoms with Crippen molar-refractivity contribution in [2.24, 2.45) is 10.8 Å². The van der Waals surface area contributed by atoms with Crippen LogP contribution in [0.5, 0.6) is 5.75 Å². The van der Waals surface area contributed by atoms with Crippen LogP contribution in [-0.4, -0.2) is 41.8 Å². The zero-order chi connectivity index (χ0) is 15.8. The van der Waals surface area contributed by atoms with Crippen molar-refractivity contribution in [3.8, 4) is 5.75 Å². The molecule has 0 aliphatic carbocycles. The summed E-state index contributed by atoms with van der Waals surface area (Å²) in [6.07, 6.45) is 4.89. The maximum absolute atomic E-state index is 12.1. The van der Waals surface area contributed by atoms with E-state index in [4.69, 9.17) is 10.5 Å². The number of para-hydroxylation sites is 1. The van der Waals surface area contributed by atoms with E-state index in [9.17, 15) is 4.79 Å². The molecule has 0 atom stereocenters. The van der Waals surface area contributed by atoms with Gasteiger partial charge in [0.25, 0.3) is 5.91 Å². The molecule has 1 saturated heterocycles. The first-order valence-corrected chi connectivity index (χ1v) is 7.66. The van der Waals surface area contributed by atoms with Crippen molar-refractivity contribution in [2.75, 3.05) is 19.7 Å². The Labute approximate surface area is 135 Å². The number of piperidine rings is 1. The lowest BCUT2D eigenvalue weighted by atomic mass is 10.1. The molecule has 118 valence electrons. The van der Waals surface area contributed by atoms with E-state index in [1.807, 2.05) is 23.1 Å². The number of hydrogen-bond acceptors (Lipinski definition) is 4. The normalized spacial score (nSPS) is 14.8. The van der Waals surface area contributed by atoms with Crippen LogP contribution in [0.4, 0.5) is 0 Å². The minimum Gasteiger partial charge on any atom is -0.483 e. The van der Waals surface area contributed by atoms with Gasteiger partial charge in [-0.15, -0.1) is 0 Å². The molecule has 22 heavy (non-hydrogen) atoms. The minimum absolute atomic E-state index is 0.0210. The highest BCUT2D eigenvalue weighted by Crippen LogP contribution is 2.16. The molecule has 1 heterocycles. The van der Waals surface area contributed by atoms with Gasteiger partial charge in [-0.25, -0.2) is 0 Å². The van der Waals surface area contributed by atoms with Crippen molar-refractivity contribution < 1.29 is 9.53 Å². The predicted molar refractivity (Wildman–Crippen MR) is 89.9 cm³/mol. The zero-order valence-corrected chi connectivity index (χ0v) is 13.1. The molecule has 0 spiro atoms. The smallest absolute Gasteiger partial charge is 0.260 e. The fraction of sp³-hybridized carbons (Fsp3) is 0.400. The average molecular weight is 320 g/mol. The molecule has 1 fully saturated rings. The molecule has 1 aromatic rings. The third-order valence-electron chi connectivity index (χ3n) is 3.36. The molecule has 0 aromatic heterocycles. The van der Waals surface area contributed by atoms with Gasteiger partial charge in [0.15, 0.2) is 11.7 Å². The second kappa shape index (κ2) is 8.33. The Morgan fingerprint density at radius 2 is 2.09 bits per heavy atom. The van der Waals surface area contributed by atoms with Crippen LogP contribution in [-0.2, 0) is 4.79 Å². The van der Waals surface area contributed by atoms with Gasteiger partial charge in [-0.3, -0.25) is 10.2 Å². The minimum atomic E-state index is 0.0210. The molecule has 7 heteroatoms. The van der Waals surface area contributed by atoms with Crippen molar-refractivity contribution >= 4 is 29.5 Å². The highest BCUT2D eigenvalue weighted by Gasteiger charge is 2.17. The fourth-order valence-corrected chi connectivity index (χ4v) is 2.31. The first-order chi connectivity index (χ1) is 10.7. The predicted octanol–water partition coefficient (Wildman–Crippen LogP) is 1.24. The van der Waals surface area contributed by atoms with Crippen LogP contribution < -0.4 is 15.9 Å². The van der Waals surface area contributed by atoms with Gasteiger partial charge in [0.2, 0.25) is 0 Å². The Morgan fingerprint density at radius 3 is 2.82 bits per heavy atom. The van der Waals surface area contributed by atoms with Crippen LogP contribution in [0.2, 0.25) is 0 Å². The van der Waals surface area contributed by atoms with E-state index in [1.165, 1.54) is 6.42 Å². The number of carbonyl (C=O) groups is 1. The van der Waals surface area contributed by atoms with Gasteiger partial charge in [0.05, 0.1) is 6.21 Å². The van der Waals surface area contributed by atoms with E-state index >= 15 is 0 Å². The zero-order valence-electron chi connectivity index (χ0n) is 12.3. The van der Waals surface area contributed by atoms with E-state index in [0.717, 1.165) is 31.5 Å². The number of amides is 1.